The van der Waals surface area contributed by atoms with Gasteiger partial charge in [-0.05, 0) is 19.1 Å². The lowest BCUT2D eigenvalue weighted by atomic mass is 10.3. The summed E-state index contributed by atoms with van der Waals surface area (Å²) in [5.74, 6) is 1.37. The van der Waals surface area contributed by atoms with E-state index in [-0.39, 0.29) is 0 Å². The van der Waals surface area contributed by atoms with E-state index in [1.807, 2.05) is 35.7 Å². The zero-order chi connectivity index (χ0) is 16.1. The molecule has 2 heterocycles. The molecule has 0 spiro atoms. The van der Waals surface area contributed by atoms with Gasteiger partial charge in [0.05, 0.1) is 6.54 Å². The van der Waals surface area contributed by atoms with Gasteiger partial charge >= 0.3 is 0 Å². The molecule has 3 N–H and O–H groups in total. The molecule has 8 nitrogen and oxygen atoms in total. The van der Waals surface area contributed by atoms with Gasteiger partial charge < -0.3 is 9.50 Å². The SMILES string of the molecule is Cc1cc2nnc(CNCCNS(=O)Oc3ccccc3)n2[nH]1. The molecule has 0 bridgehead atoms. The molecule has 1 aromatic carbocycles. The van der Waals surface area contributed by atoms with Crippen molar-refractivity contribution in [1.82, 2.24) is 29.9 Å². The number of H-pyrrole nitrogens is 1. The number of nitrogens with zero attached hydrogens (tertiary/aromatic N) is 3. The molecule has 0 aliphatic heterocycles. The zero-order valence-electron chi connectivity index (χ0n) is 12.7. The average Bonchev–Trinajstić information content (AvgIpc) is 3.08. The van der Waals surface area contributed by atoms with Gasteiger partial charge in [-0.25, -0.2) is 9.24 Å². The fraction of sp³-hybridized carbons (Fsp3) is 0.286. The summed E-state index contributed by atoms with van der Waals surface area (Å²) in [6.45, 7) is 3.66. The lowest BCUT2D eigenvalue weighted by Crippen LogP contribution is -2.30. The molecule has 3 aromatic rings. The van der Waals surface area contributed by atoms with Crippen molar-refractivity contribution in [2.24, 2.45) is 0 Å². The summed E-state index contributed by atoms with van der Waals surface area (Å²) in [6, 6.07) is 11.0. The van der Waals surface area contributed by atoms with E-state index in [1.165, 1.54) is 0 Å². The van der Waals surface area contributed by atoms with Crippen LogP contribution in [0.4, 0.5) is 0 Å². The van der Waals surface area contributed by atoms with Gasteiger partial charge in [0.1, 0.15) is 5.75 Å². The molecule has 2 aromatic heterocycles. The first-order chi connectivity index (χ1) is 11.2. The number of aromatic amines is 1. The largest absolute Gasteiger partial charge is 0.389 e. The maximum Gasteiger partial charge on any atom is 0.288 e. The number of nitrogens with one attached hydrogen (secondary N) is 3. The number of rotatable bonds is 8. The van der Waals surface area contributed by atoms with E-state index >= 15 is 0 Å². The van der Waals surface area contributed by atoms with Crippen LogP contribution in [0.25, 0.3) is 5.65 Å². The Bertz CT molecular complexity index is 785. The van der Waals surface area contributed by atoms with Gasteiger partial charge in [0.2, 0.25) is 0 Å². The highest BCUT2D eigenvalue weighted by molar-refractivity contribution is 7.78. The lowest BCUT2D eigenvalue weighted by Gasteiger charge is -2.06. The monoisotopic (exact) mass is 334 g/mol. The van der Waals surface area contributed by atoms with Crippen LogP contribution in [0.3, 0.4) is 0 Å². The van der Waals surface area contributed by atoms with Gasteiger partial charge in [0.15, 0.2) is 11.5 Å². The van der Waals surface area contributed by atoms with Gasteiger partial charge in [-0.2, -0.15) is 4.21 Å². The van der Waals surface area contributed by atoms with Gasteiger partial charge in [-0.3, -0.25) is 5.10 Å². The minimum absolute atomic E-state index is 0.505. The van der Waals surface area contributed by atoms with Gasteiger partial charge in [-0.1, -0.05) is 18.2 Å². The second-order valence-corrected chi connectivity index (χ2v) is 5.88. The van der Waals surface area contributed by atoms with Gasteiger partial charge in [0.25, 0.3) is 11.3 Å². The lowest BCUT2D eigenvalue weighted by molar-refractivity contribution is 0.543. The van der Waals surface area contributed by atoms with Crippen LogP contribution >= 0.6 is 0 Å². The van der Waals surface area contributed by atoms with Crippen molar-refractivity contribution in [1.29, 1.82) is 0 Å². The summed E-state index contributed by atoms with van der Waals surface area (Å²) in [6.07, 6.45) is 0. The second kappa shape index (κ2) is 7.36. The maximum atomic E-state index is 11.7. The third kappa shape index (κ3) is 4.15. The first-order valence-corrected chi connectivity index (χ1v) is 8.29. The molecule has 122 valence electrons. The van der Waals surface area contributed by atoms with Crippen LogP contribution in [-0.2, 0) is 17.8 Å². The van der Waals surface area contributed by atoms with Crippen LogP contribution in [-0.4, -0.2) is 37.1 Å². The van der Waals surface area contributed by atoms with E-state index in [1.54, 1.807) is 12.1 Å². The Kier molecular flexibility index (Phi) is 5.01. The number of hydrogen-bond acceptors (Lipinski definition) is 5. The van der Waals surface area contributed by atoms with Gasteiger partial charge in [0, 0.05) is 24.8 Å². The molecular weight excluding hydrogens is 316 g/mol. The summed E-state index contributed by atoms with van der Waals surface area (Å²) in [4.78, 5) is 0. The zero-order valence-corrected chi connectivity index (χ0v) is 13.5. The molecule has 1 unspecified atom stereocenters. The fourth-order valence-corrected chi connectivity index (χ4v) is 2.69. The molecule has 0 fully saturated rings. The smallest absolute Gasteiger partial charge is 0.288 e. The van der Waals surface area contributed by atoms with Crippen LogP contribution < -0.4 is 14.2 Å². The highest BCUT2D eigenvalue weighted by Crippen LogP contribution is 2.08. The van der Waals surface area contributed by atoms with Crippen LogP contribution in [0.1, 0.15) is 11.5 Å². The normalized spacial score (nSPS) is 12.6. The Morgan fingerprint density at radius 1 is 1.26 bits per heavy atom. The van der Waals surface area contributed by atoms with Crippen molar-refractivity contribution < 1.29 is 8.39 Å². The topological polar surface area (TPSA) is 96.3 Å². The predicted molar refractivity (Wildman–Crippen MR) is 87.0 cm³/mol. The molecule has 9 heteroatoms. The van der Waals surface area contributed by atoms with Crippen molar-refractivity contribution in [3.63, 3.8) is 0 Å². The molecule has 1 atom stereocenters. The number of benzene rings is 1. The molecule has 3 rings (SSSR count). The summed E-state index contributed by atoms with van der Waals surface area (Å²) in [5, 5.41) is 14.5. The van der Waals surface area contributed by atoms with E-state index in [0.29, 0.717) is 25.4 Å². The minimum atomic E-state index is -1.56. The molecule has 0 aliphatic rings. The third-order valence-corrected chi connectivity index (χ3v) is 3.89. The summed E-state index contributed by atoms with van der Waals surface area (Å²) < 4.78 is 21.6. The molecular formula is C14H18N6O2S. The van der Waals surface area contributed by atoms with Crippen molar-refractivity contribution in [2.45, 2.75) is 13.5 Å². The first-order valence-electron chi connectivity index (χ1n) is 7.21. The summed E-state index contributed by atoms with van der Waals surface area (Å²) in [5.41, 5.74) is 1.83. The fourth-order valence-electron chi connectivity index (χ4n) is 2.08. The summed E-state index contributed by atoms with van der Waals surface area (Å²) >= 11 is -1.56. The van der Waals surface area contributed by atoms with Crippen LogP contribution in [0, 0.1) is 6.92 Å². The Morgan fingerprint density at radius 3 is 2.91 bits per heavy atom. The Labute approximate surface area is 136 Å². The van der Waals surface area contributed by atoms with Crippen molar-refractivity contribution >= 4 is 16.9 Å². The number of aryl methyl sites for hydroxylation is 1. The predicted octanol–water partition coefficient (Wildman–Crippen LogP) is 0.703. The third-order valence-electron chi connectivity index (χ3n) is 3.11. The van der Waals surface area contributed by atoms with Crippen LogP contribution in [0.5, 0.6) is 5.75 Å². The van der Waals surface area contributed by atoms with E-state index in [4.69, 9.17) is 4.18 Å². The quantitative estimate of drug-likeness (QED) is 0.527. The van der Waals surface area contributed by atoms with Crippen LogP contribution in [0.2, 0.25) is 0 Å². The Hall–Kier alpha value is -2.23. The van der Waals surface area contributed by atoms with Crippen molar-refractivity contribution in [2.75, 3.05) is 13.1 Å². The van der Waals surface area contributed by atoms with Crippen molar-refractivity contribution in [3.05, 3.63) is 47.9 Å². The number of hydrogen-bond donors (Lipinski definition) is 3. The highest BCUT2D eigenvalue weighted by atomic mass is 32.2. The standard InChI is InChI=1S/C14H18N6O2S/c1-11-9-13-17-18-14(20(13)19-11)10-15-7-8-16-23(21)22-12-5-3-2-4-6-12/h2-6,9,15-16,19H,7-8,10H2,1H3. The van der Waals surface area contributed by atoms with Crippen LogP contribution in [0.15, 0.2) is 36.4 Å². The molecule has 0 saturated carbocycles. The van der Waals surface area contributed by atoms with Gasteiger partial charge in [-0.15, -0.1) is 10.2 Å². The molecule has 0 radical (unpaired) electrons. The van der Waals surface area contributed by atoms with E-state index in [0.717, 1.165) is 17.2 Å². The summed E-state index contributed by atoms with van der Waals surface area (Å²) in [7, 11) is 0. The number of para-hydroxylation sites is 1. The minimum Gasteiger partial charge on any atom is -0.389 e. The average molecular weight is 334 g/mol. The number of fused-ring (bicyclic) bond motifs is 1. The Morgan fingerprint density at radius 2 is 2.09 bits per heavy atom. The van der Waals surface area contributed by atoms with E-state index in [2.05, 4.69) is 25.3 Å². The Balaban J connectivity index is 1.37. The van der Waals surface area contributed by atoms with Crippen molar-refractivity contribution in [3.8, 4) is 5.75 Å². The molecule has 23 heavy (non-hydrogen) atoms. The maximum absolute atomic E-state index is 11.7. The van der Waals surface area contributed by atoms with E-state index < -0.39 is 11.3 Å². The number of aromatic nitrogens is 4. The molecule has 0 aliphatic carbocycles. The van der Waals surface area contributed by atoms with E-state index in [9.17, 15) is 4.21 Å². The second-order valence-electron chi connectivity index (χ2n) is 4.95. The highest BCUT2D eigenvalue weighted by Gasteiger charge is 2.07. The first kappa shape index (κ1) is 15.7. The molecule has 0 amide bonds. The molecule has 0 saturated heterocycles.